The summed E-state index contributed by atoms with van der Waals surface area (Å²) in [6.45, 7) is 33.3. The second kappa shape index (κ2) is 13.0. The number of aryl methyl sites for hydroxylation is 4. The maximum Gasteiger partial charge on any atom is 0.122 e. The fourth-order valence-corrected chi connectivity index (χ4v) is 7.39. The van der Waals surface area contributed by atoms with Crippen molar-refractivity contribution >= 4 is 0 Å². The van der Waals surface area contributed by atoms with E-state index in [0.29, 0.717) is 23.0 Å². The van der Waals surface area contributed by atoms with E-state index in [1.54, 1.807) is 0 Å². The monoisotopic (exact) mass is 678 g/mol. The highest BCUT2D eigenvalue weighted by atomic mass is 16.3. The molecule has 0 aliphatic rings. The van der Waals surface area contributed by atoms with Gasteiger partial charge in [-0.2, -0.15) is 0 Å². The van der Waals surface area contributed by atoms with E-state index in [2.05, 4.69) is 132 Å². The lowest BCUT2D eigenvalue weighted by molar-refractivity contribution is 0.438. The van der Waals surface area contributed by atoms with Crippen molar-refractivity contribution in [3.05, 3.63) is 115 Å². The standard InChI is InChI=1S/C46H62O4/c1-25-17-29(21-33(39(25)47)43(5,6)7)37(30-18-26(2)40(48)34(22-30)44(8,9)10)38(31-19-27(3)41(49)35(23-31)45(11,12)13)32-20-28(4)42(50)36(24-32)46(14,15)16/h17-24,37-38,47-50H,1-16H3. The van der Waals surface area contributed by atoms with E-state index in [-0.39, 0.29) is 33.5 Å². The molecule has 0 unspecified atom stereocenters. The average molecular weight is 679 g/mol. The van der Waals surface area contributed by atoms with Gasteiger partial charge in [-0.1, -0.05) is 132 Å². The topological polar surface area (TPSA) is 80.9 Å². The Morgan fingerprint density at radius 2 is 0.480 bits per heavy atom. The highest BCUT2D eigenvalue weighted by Gasteiger charge is 2.35. The molecule has 0 bridgehead atoms. The number of aromatic hydroxyl groups is 4. The molecule has 4 rings (SSSR count). The molecule has 0 saturated carbocycles. The fourth-order valence-electron chi connectivity index (χ4n) is 7.39. The van der Waals surface area contributed by atoms with Gasteiger partial charge < -0.3 is 20.4 Å². The molecule has 0 saturated heterocycles. The molecule has 0 fully saturated rings. The normalized spacial score (nSPS) is 13.1. The van der Waals surface area contributed by atoms with Gasteiger partial charge in [-0.15, -0.1) is 0 Å². The Kier molecular flexibility index (Phi) is 10.1. The first kappa shape index (κ1) is 38.9. The first-order chi connectivity index (χ1) is 22.6. The van der Waals surface area contributed by atoms with Crippen molar-refractivity contribution in [1.29, 1.82) is 0 Å². The second-order valence-electron chi connectivity index (χ2n) is 18.9. The first-order valence-electron chi connectivity index (χ1n) is 18.0. The molecular weight excluding hydrogens is 617 g/mol. The molecule has 4 N–H and O–H groups in total. The summed E-state index contributed by atoms with van der Waals surface area (Å²) in [6.07, 6.45) is 0. The van der Waals surface area contributed by atoms with Gasteiger partial charge in [0.05, 0.1) is 0 Å². The molecule has 0 atom stereocenters. The molecule has 50 heavy (non-hydrogen) atoms. The number of rotatable bonds is 5. The molecule has 0 amide bonds. The molecule has 0 aliphatic carbocycles. The number of benzene rings is 4. The summed E-state index contributed by atoms with van der Waals surface area (Å²) in [7, 11) is 0. The molecule has 0 aromatic heterocycles. The molecule has 0 spiro atoms. The molecule has 0 radical (unpaired) electrons. The molecule has 4 aromatic rings. The quantitative estimate of drug-likeness (QED) is 0.169. The predicted octanol–water partition coefficient (Wildman–Crippen LogP) is 11.9. The van der Waals surface area contributed by atoms with Crippen molar-refractivity contribution in [3.8, 4) is 23.0 Å². The Morgan fingerprint density at radius 3 is 0.620 bits per heavy atom. The summed E-state index contributed by atoms with van der Waals surface area (Å²) in [4.78, 5) is 0. The van der Waals surface area contributed by atoms with Gasteiger partial charge in [0.15, 0.2) is 0 Å². The summed E-state index contributed by atoms with van der Waals surface area (Å²) in [5.74, 6) is 0.674. The van der Waals surface area contributed by atoms with Crippen molar-refractivity contribution in [2.24, 2.45) is 0 Å². The second-order valence-corrected chi connectivity index (χ2v) is 18.9. The van der Waals surface area contributed by atoms with Crippen LogP contribution in [-0.2, 0) is 21.7 Å². The Balaban J connectivity index is 2.31. The van der Waals surface area contributed by atoms with Crippen LogP contribution >= 0.6 is 0 Å². The number of phenols is 4. The fraction of sp³-hybridized carbons (Fsp3) is 0.478. The molecule has 270 valence electrons. The van der Waals surface area contributed by atoms with Crippen LogP contribution in [0.2, 0.25) is 0 Å². The van der Waals surface area contributed by atoms with Gasteiger partial charge in [-0.05, 0) is 116 Å². The van der Waals surface area contributed by atoms with Crippen LogP contribution in [0.3, 0.4) is 0 Å². The maximum atomic E-state index is 11.4. The number of hydrogen-bond acceptors (Lipinski definition) is 4. The Bertz CT molecular complexity index is 1640. The van der Waals surface area contributed by atoms with Crippen molar-refractivity contribution in [3.63, 3.8) is 0 Å². The molecule has 4 heteroatoms. The largest absolute Gasteiger partial charge is 0.507 e. The van der Waals surface area contributed by atoms with Crippen LogP contribution in [0.1, 0.15) is 162 Å². The van der Waals surface area contributed by atoms with Crippen molar-refractivity contribution in [2.45, 2.75) is 144 Å². The van der Waals surface area contributed by atoms with Crippen LogP contribution in [0, 0.1) is 27.7 Å². The minimum atomic E-state index is -0.324. The Morgan fingerprint density at radius 1 is 0.320 bits per heavy atom. The van der Waals surface area contributed by atoms with E-state index in [4.69, 9.17) is 0 Å². The van der Waals surface area contributed by atoms with Crippen molar-refractivity contribution in [1.82, 2.24) is 0 Å². The zero-order chi connectivity index (χ0) is 38.0. The molecule has 0 heterocycles. The van der Waals surface area contributed by atoms with Gasteiger partial charge in [-0.25, -0.2) is 0 Å². The predicted molar refractivity (Wildman–Crippen MR) is 210 cm³/mol. The minimum Gasteiger partial charge on any atom is -0.507 e. The zero-order valence-corrected chi connectivity index (χ0v) is 33.6. The van der Waals surface area contributed by atoms with Gasteiger partial charge in [0.2, 0.25) is 0 Å². The zero-order valence-electron chi connectivity index (χ0n) is 33.6. The maximum absolute atomic E-state index is 11.4. The van der Waals surface area contributed by atoms with Crippen LogP contribution in [0.25, 0.3) is 0 Å². The summed E-state index contributed by atoms with van der Waals surface area (Å²) in [6, 6.07) is 17.1. The minimum absolute atomic E-state index is 0.274. The average Bonchev–Trinajstić information content (AvgIpc) is 2.95. The third kappa shape index (κ3) is 7.55. The summed E-state index contributed by atoms with van der Waals surface area (Å²) in [5.41, 5.74) is 9.60. The third-order valence-electron chi connectivity index (χ3n) is 10.3. The lowest BCUT2D eigenvalue weighted by atomic mass is 9.69. The van der Waals surface area contributed by atoms with Gasteiger partial charge in [0.25, 0.3) is 0 Å². The van der Waals surface area contributed by atoms with Crippen LogP contribution < -0.4 is 0 Å². The number of hydrogen-bond donors (Lipinski definition) is 4. The van der Waals surface area contributed by atoms with Crippen molar-refractivity contribution < 1.29 is 20.4 Å². The summed E-state index contributed by atoms with van der Waals surface area (Å²) < 4.78 is 0. The summed E-state index contributed by atoms with van der Waals surface area (Å²) in [5, 5.41) is 45.6. The van der Waals surface area contributed by atoms with E-state index < -0.39 is 0 Å². The lowest BCUT2D eigenvalue weighted by Gasteiger charge is -2.35. The van der Waals surface area contributed by atoms with Gasteiger partial charge in [0.1, 0.15) is 23.0 Å². The number of phenolic OH excluding ortho intramolecular Hbond substituents is 4. The SMILES string of the molecule is Cc1cc(C(c2cc(C)c(O)c(C(C)(C)C)c2)C(c2cc(C)c(O)c(C(C)(C)C)c2)c2cc(C)c(O)c(C(C)(C)C)c2)cc(C(C)(C)C)c1O. The summed E-state index contributed by atoms with van der Waals surface area (Å²) >= 11 is 0. The van der Waals surface area contributed by atoms with Crippen LogP contribution in [-0.4, -0.2) is 20.4 Å². The molecular formula is C46H62O4. The highest BCUT2D eigenvalue weighted by molar-refractivity contribution is 5.59. The highest BCUT2D eigenvalue weighted by Crippen LogP contribution is 2.51. The third-order valence-corrected chi connectivity index (χ3v) is 10.3. The smallest absolute Gasteiger partial charge is 0.122 e. The van der Waals surface area contributed by atoms with Crippen LogP contribution in [0.5, 0.6) is 23.0 Å². The van der Waals surface area contributed by atoms with E-state index >= 15 is 0 Å². The van der Waals surface area contributed by atoms with Crippen molar-refractivity contribution in [2.75, 3.05) is 0 Å². The Hall–Kier alpha value is -3.92. The van der Waals surface area contributed by atoms with E-state index in [0.717, 1.165) is 66.8 Å². The van der Waals surface area contributed by atoms with Gasteiger partial charge in [-0.3, -0.25) is 0 Å². The van der Waals surface area contributed by atoms with E-state index in [1.807, 2.05) is 27.7 Å². The van der Waals surface area contributed by atoms with Gasteiger partial charge in [0, 0.05) is 11.8 Å². The van der Waals surface area contributed by atoms with Gasteiger partial charge >= 0.3 is 0 Å². The van der Waals surface area contributed by atoms with Crippen LogP contribution in [0.15, 0.2) is 48.5 Å². The molecule has 4 nitrogen and oxygen atoms in total. The lowest BCUT2D eigenvalue weighted by Crippen LogP contribution is -2.21. The van der Waals surface area contributed by atoms with Crippen LogP contribution in [0.4, 0.5) is 0 Å². The Labute approximate surface area is 302 Å². The van der Waals surface area contributed by atoms with E-state index in [1.165, 1.54) is 0 Å². The molecule has 0 aliphatic heterocycles. The van der Waals surface area contributed by atoms with E-state index in [9.17, 15) is 20.4 Å². The molecule has 4 aromatic carbocycles. The first-order valence-corrected chi connectivity index (χ1v) is 18.0.